The quantitative estimate of drug-likeness (QED) is 0.471. The zero-order valence-corrected chi connectivity index (χ0v) is 8.56. The molecule has 0 aromatic rings. The average Bonchev–Trinajstić information content (AvgIpc) is 2.19. The van der Waals surface area contributed by atoms with Gasteiger partial charge in [0.1, 0.15) is 0 Å². The topological polar surface area (TPSA) is 6.48 Å². The number of rotatable bonds is 0. The van der Waals surface area contributed by atoms with Crippen molar-refractivity contribution in [3.63, 3.8) is 0 Å². The molecule has 2 nitrogen and oxygen atoms in total. The Kier molecular flexibility index (Phi) is 8.54. The Balaban J connectivity index is 0.000000244. The van der Waals surface area contributed by atoms with Gasteiger partial charge in [-0.15, -0.1) is 0 Å². The highest BCUT2D eigenvalue weighted by Crippen LogP contribution is 2.06. The van der Waals surface area contributed by atoms with Gasteiger partial charge >= 0.3 is 15.1 Å². The van der Waals surface area contributed by atoms with E-state index in [2.05, 4.69) is 9.80 Å². The molecule has 16 heavy (non-hydrogen) atoms. The molecule has 10 heteroatoms. The molecule has 0 aromatic heterocycles. The van der Waals surface area contributed by atoms with Crippen molar-refractivity contribution in [3.05, 3.63) is 0 Å². The van der Waals surface area contributed by atoms with Crippen molar-refractivity contribution in [1.29, 1.82) is 0 Å². The highest BCUT2D eigenvalue weighted by molar-refractivity contribution is 6.33. The van der Waals surface area contributed by atoms with Gasteiger partial charge in [-0.25, -0.2) is 0 Å². The summed E-state index contributed by atoms with van der Waals surface area (Å²) in [7, 11) is -7.33. The molecule has 3 aliphatic rings. The summed E-state index contributed by atoms with van der Waals surface area (Å²) in [5.41, 5.74) is 0. The Morgan fingerprint density at radius 3 is 0.688 bits per heavy atom. The standard InChI is InChI=1S/C6H12N2.2BF3/c1-2-8-5-3-7(1)4-6-8;2*2-1(3)4/h1-6H2;;. The van der Waals surface area contributed by atoms with E-state index in [9.17, 15) is 25.9 Å². The van der Waals surface area contributed by atoms with E-state index in [1.807, 2.05) is 0 Å². The highest BCUT2D eigenvalue weighted by Gasteiger charge is 2.21. The Labute approximate surface area is 91.0 Å². The van der Waals surface area contributed by atoms with Gasteiger partial charge in [-0.3, -0.25) is 35.7 Å². The summed E-state index contributed by atoms with van der Waals surface area (Å²) in [6.45, 7) is 7.92. The predicted octanol–water partition coefficient (Wildman–Crippen LogP) is 1.38. The van der Waals surface area contributed by atoms with E-state index in [1.54, 1.807) is 0 Å². The molecule has 0 spiro atoms. The van der Waals surface area contributed by atoms with Gasteiger partial charge in [-0.05, 0) is 0 Å². The van der Waals surface area contributed by atoms with Gasteiger partial charge in [0, 0.05) is 39.3 Å². The lowest BCUT2D eigenvalue weighted by Crippen LogP contribution is -2.55. The molecule has 3 aliphatic heterocycles. The van der Waals surface area contributed by atoms with Crippen molar-refractivity contribution < 1.29 is 25.9 Å². The molecule has 0 N–H and O–H groups in total. The average molecular weight is 248 g/mol. The molecule has 0 aromatic carbocycles. The lowest BCUT2D eigenvalue weighted by Gasteiger charge is -2.41. The molecular formula is C6H12B2F6N2. The molecule has 94 valence electrons. The van der Waals surface area contributed by atoms with E-state index in [-0.39, 0.29) is 0 Å². The molecule has 3 heterocycles. The summed E-state index contributed by atoms with van der Waals surface area (Å²) in [5.74, 6) is 0. The van der Waals surface area contributed by atoms with Crippen molar-refractivity contribution in [1.82, 2.24) is 9.80 Å². The Hall–Kier alpha value is -0.370. The fraction of sp³-hybridized carbons (Fsp3) is 1.00. The number of fused-ring (bicyclic) bond motifs is 3. The van der Waals surface area contributed by atoms with E-state index < -0.39 is 15.1 Å². The minimum absolute atomic E-state index is 1.32. The van der Waals surface area contributed by atoms with Gasteiger partial charge < -0.3 is 0 Å². The number of piperazine rings is 3. The van der Waals surface area contributed by atoms with E-state index in [0.29, 0.717) is 0 Å². The third kappa shape index (κ3) is 10.2. The molecule has 0 radical (unpaired) electrons. The largest absolute Gasteiger partial charge is 0.762 e. The number of halogens is 6. The zero-order chi connectivity index (χ0) is 12.6. The molecule has 3 rings (SSSR count). The Bertz CT molecular complexity index is 133. The van der Waals surface area contributed by atoms with Crippen LogP contribution in [0.15, 0.2) is 0 Å². The van der Waals surface area contributed by atoms with Crippen molar-refractivity contribution in [2.45, 2.75) is 0 Å². The maximum Gasteiger partial charge on any atom is 0.762 e. The summed E-state index contributed by atoms with van der Waals surface area (Å²) in [6.07, 6.45) is 0. The Morgan fingerprint density at radius 2 is 0.625 bits per heavy atom. The first-order valence-electron chi connectivity index (χ1n) is 4.71. The van der Waals surface area contributed by atoms with E-state index in [0.717, 1.165) is 0 Å². The van der Waals surface area contributed by atoms with Crippen LogP contribution in [0.4, 0.5) is 25.9 Å². The van der Waals surface area contributed by atoms with Gasteiger partial charge in [-0.1, -0.05) is 0 Å². The summed E-state index contributed by atoms with van der Waals surface area (Å²) in [5, 5.41) is 0. The smallest absolute Gasteiger partial charge is 0.300 e. The highest BCUT2D eigenvalue weighted by atomic mass is 19.4. The SMILES string of the molecule is C1CN2CCN1CC2.FB(F)F.FB(F)F. The molecule has 0 aliphatic carbocycles. The molecule has 0 atom stereocenters. The fourth-order valence-corrected chi connectivity index (χ4v) is 1.52. The van der Waals surface area contributed by atoms with E-state index in [4.69, 9.17) is 0 Å². The molecule has 0 saturated carbocycles. The third-order valence-corrected chi connectivity index (χ3v) is 2.20. The van der Waals surface area contributed by atoms with Crippen LogP contribution in [0.25, 0.3) is 0 Å². The summed E-state index contributed by atoms with van der Waals surface area (Å²) < 4.78 is 58.0. The van der Waals surface area contributed by atoms with Crippen LogP contribution >= 0.6 is 0 Å². The maximum absolute atomic E-state index is 9.67. The van der Waals surface area contributed by atoms with E-state index >= 15 is 0 Å². The maximum atomic E-state index is 9.67. The summed E-state index contributed by atoms with van der Waals surface area (Å²) in [6, 6.07) is 0. The van der Waals surface area contributed by atoms with Crippen molar-refractivity contribution in [2.75, 3.05) is 39.3 Å². The van der Waals surface area contributed by atoms with Gasteiger partial charge in [0.2, 0.25) is 0 Å². The minimum Gasteiger partial charge on any atom is -0.300 e. The van der Waals surface area contributed by atoms with Crippen LogP contribution in [0, 0.1) is 0 Å². The van der Waals surface area contributed by atoms with Gasteiger partial charge in [-0.2, -0.15) is 0 Å². The lowest BCUT2D eigenvalue weighted by molar-refractivity contribution is 0.0647. The molecule has 0 amide bonds. The second-order valence-electron chi connectivity index (χ2n) is 3.18. The number of nitrogens with zero attached hydrogens (tertiary/aromatic N) is 2. The molecule has 0 unspecified atom stereocenters. The predicted molar refractivity (Wildman–Crippen MR) is 51.0 cm³/mol. The first-order valence-corrected chi connectivity index (χ1v) is 4.71. The molecule has 2 bridgehead atoms. The van der Waals surface area contributed by atoms with Crippen LogP contribution in [-0.2, 0) is 0 Å². The van der Waals surface area contributed by atoms with Crippen LogP contribution in [0.5, 0.6) is 0 Å². The third-order valence-electron chi connectivity index (χ3n) is 2.20. The molecule has 3 fully saturated rings. The monoisotopic (exact) mass is 248 g/mol. The van der Waals surface area contributed by atoms with Crippen LogP contribution in [0.3, 0.4) is 0 Å². The number of hydrogen-bond donors (Lipinski definition) is 0. The zero-order valence-electron chi connectivity index (χ0n) is 8.56. The normalized spacial score (nSPS) is 25.9. The second kappa shape index (κ2) is 8.74. The van der Waals surface area contributed by atoms with Gasteiger partial charge in [0.25, 0.3) is 0 Å². The van der Waals surface area contributed by atoms with Crippen LogP contribution in [0.2, 0.25) is 0 Å². The Morgan fingerprint density at radius 1 is 0.500 bits per heavy atom. The number of hydrogen-bond acceptors (Lipinski definition) is 2. The first-order chi connectivity index (χ1) is 7.41. The molecule has 3 saturated heterocycles. The van der Waals surface area contributed by atoms with Crippen LogP contribution < -0.4 is 0 Å². The van der Waals surface area contributed by atoms with Crippen molar-refractivity contribution in [2.24, 2.45) is 0 Å². The first kappa shape index (κ1) is 15.6. The van der Waals surface area contributed by atoms with Gasteiger partial charge in [0.05, 0.1) is 0 Å². The summed E-state index contributed by atoms with van der Waals surface area (Å²) >= 11 is 0. The molecular weight excluding hydrogens is 236 g/mol. The second-order valence-corrected chi connectivity index (χ2v) is 3.18. The van der Waals surface area contributed by atoms with Crippen LogP contribution in [-0.4, -0.2) is 64.2 Å². The lowest BCUT2D eigenvalue weighted by atomic mass is 10.2. The van der Waals surface area contributed by atoms with Crippen LogP contribution in [0.1, 0.15) is 0 Å². The minimum atomic E-state index is -3.67. The fourth-order valence-electron chi connectivity index (χ4n) is 1.52. The van der Waals surface area contributed by atoms with Crippen molar-refractivity contribution >= 4 is 15.1 Å². The summed E-state index contributed by atoms with van der Waals surface area (Å²) in [4.78, 5) is 5.08. The van der Waals surface area contributed by atoms with Crippen molar-refractivity contribution in [3.8, 4) is 0 Å². The van der Waals surface area contributed by atoms with E-state index in [1.165, 1.54) is 39.3 Å². The van der Waals surface area contributed by atoms with Gasteiger partial charge in [0.15, 0.2) is 0 Å².